The van der Waals surface area contributed by atoms with Crippen LogP contribution < -0.4 is 9.80 Å². The molecular formula is C15H25N5O. The second kappa shape index (κ2) is 6.28. The van der Waals surface area contributed by atoms with Gasteiger partial charge in [-0.2, -0.15) is 4.98 Å². The fourth-order valence-electron chi connectivity index (χ4n) is 2.40. The molecule has 0 radical (unpaired) electrons. The quantitative estimate of drug-likeness (QED) is 0.836. The molecule has 116 valence electrons. The van der Waals surface area contributed by atoms with Gasteiger partial charge in [0.05, 0.1) is 0 Å². The van der Waals surface area contributed by atoms with E-state index >= 15 is 0 Å². The van der Waals surface area contributed by atoms with E-state index < -0.39 is 0 Å². The molecule has 1 aromatic heterocycles. The van der Waals surface area contributed by atoms with Crippen molar-refractivity contribution in [1.29, 1.82) is 0 Å². The van der Waals surface area contributed by atoms with Crippen LogP contribution in [0.5, 0.6) is 0 Å². The first-order chi connectivity index (χ1) is 9.88. The zero-order valence-electron chi connectivity index (χ0n) is 13.6. The maximum absolute atomic E-state index is 12.0. The second-order valence-corrected chi connectivity index (χ2v) is 6.03. The zero-order chi connectivity index (χ0) is 15.6. The van der Waals surface area contributed by atoms with E-state index in [2.05, 4.69) is 14.9 Å². The predicted molar refractivity (Wildman–Crippen MR) is 84.7 cm³/mol. The minimum absolute atomic E-state index is 0.0621. The van der Waals surface area contributed by atoms with E-state index in [0.29, 0.717) is 0 Å². The Balaban J connectivity index is 2.07. The third-order valence-electron chi connectivity index (χ3n) is 3.66. The molecule has 0 unspecified atom stereocenters. The van der Waals surface area contributed by atoms with Crippen molar-refractivity contribution < 1.29 is 4.79 Å². The van der Waals surface area contributed by atoms with E-state index in [1.54, 1.807) is 0 Å². The molecule has 0 atom stereocenters. The van der Waals surface area contributed by atoms with Gasteiger partial charge in [0.15, 0.2) is 0 Å². The van der Waals surface area contributed by atoms with Crippen molar-refractivity contribution in [2.75, 3.05) is 50.1 Å². The minimum atomic E-state index is 0.0621. The largest absolute Gasteiger partial charge is 0.363 e. The summed E-state index contributed by atoms with van der Waals surface area (Å²) in [5, 5.41) is 0. The van der Waals surface area contributed by atoms with Crippen LogP contribution >= 0.6 is 0 Å². The molecule has 2 heterocycles. The number of piperazine rings is 1. The molecule has 1 amide bonds. The number of rotatable bonds is 3. The van der Waals surface area contributed by atoms with Crippen molar-refractivity contribution >= 4 is 17.7 Å². The lowest BCUT2D eigenvalue weighted by atomic mass is 10.1. The summed E-state index contributed by atoms with van der Waals surface area (Å²) in [5.41, 5.74) is 0.962. The van der Waals surface area contributed by atoms with E-state index in [1.165, 1.54) is 0 Å². The molecule has 1 aromatic rings. The van der Waals surface area contributed by atoms with E-state index in [4.69, 9.17) is 0 Å². The highest BCUT2D eigenvalue weighted by Crippen LogP contribution is 2.17. The Labute approximate surface area is 126 Å². The molecule has 1 saturated heterocycles. The number of hydrogen-bond acceptors (Lipinski definition) is 5. The van der Waals surface area contributed by atoms with Gasteiger partial charge >= 0.3 is 0 Å². The fraction of sp³-hybridized carbons (Fsp3) is 0.667. The minimum Gasteiger partial charge on any atom is -0.363 e. The van der Waals surface area contributed by atoms with Gasteiger partial charge in [-0.15, -0.1) is 0 Å². The lowest BCUT2D eigenvalue weighted by Crippen LogP contribution is -2.50. The third kappa shape index (κ3) is 3.62. The van der Waals surface area contributed by atoms with Gasteiger partial charge in [0.1, 0.15) is 5.82 Å². The molecule has 1 fully saturated rings. The summed E-state index contributed by atoms with van der Waals surface area (Å²) in [5.74, 6) is 1.97. The summed E-state index contributed by atoms with van der Waals surface area (Å²) in [4.78, 5) is 27.2. The summed E-state index contributed by atoms with van der Waals surface area (Å²) >= 11 is 0. The highest BCUT2D eigenvalue weighted by Gasteiger charge is 2.24. The number of aryl methyl sites for hydroxylation is 1. The Kier molecular flexibility index (Phi) is 4.65. The molecule has 1 aliphatic heterocycles. The number of anilines is 2. The molecule has 0 aromatic carbocycles. The first-order valence-electron chi connectivity index (χ1n) is 7.45. The van der Waals surface area contributed by atoms with Crippen LogP contribution in [0.25, 0.3) is 0 Å². The summed E-state index contributed by atoms with van der Waals surface area (Å²) in [6.07, 6.45) is 0. The van der Waals surface area contributed by atoms with Gasteiger partial charge in [0.25, 0.3) is 0 Å². The number of hydrogen-bond donors (Lipinski definition) is 0. The maximum atomic E-state index is 12.0. The summed E-state index contributed by atoms with van der Waals surface area (Å²) in [6.45, 7) is 8.93. The highest BCUT2D eigenvalue weighted by molar-refractivity contribution is 5.78. The molecule has 21 heavy (non-hydrogen) atoms. The van der Waals surface area contributed by atoms with E-state index in [-0.39, 0.29) is 11.8 Å². The van der Waals surface area contributed by atoms with E-state index in [9.17, 15) is 4.79 Å². The number of nitrogens with zero attached hydrogens (tertiary/aromatic N) is 5. The average molecular weight is 291 g/mol. The van der Waals surface area contributed by atoms with Crippen LogP contribution in [0, 0.1) is 12.8 Å². The lowest BCUT2D eigenvalue weighted by Gasteiger charge is -2.35. The van der Waals surface area contributed by atoms with Crippen LogP contribution in [0.2, 0.25) is 0 Å². The highest BCUT2D eigenvalue weighted by atomic mass is 16.2. The topological polar surface area (TPSA) is 52.6 Å². The van der Waals surface area contributed by atoms with E-state index in [0.717, 1.165) is 43.6 Å². The Bertz CT molecular complexity index is 507. The number of carbonyl (C=O) groups is 1. The standard InChI is InChI=1S/C15H25N5O/c1-11(2)14(21)19-6-8-20(9-7-19)15-16-12(3)10-13(17-15)18(4)5/h10-11H,6-9H2,1-5H3. The summed E-state index contributed by atoms with van der Waals surface area (Å²) in [6, 6.07) is 1.97. The van der Waals surface area contributed by atoms with Gasteiger partial charge in [-0.3, -0.25) is 4.79 Å². The van der Waals surface area contributed by atoms with Crippen LogP contribution in [0.3, 0.4) is 0 Å². The summed E-state index contributed by atoms with van der Waals surface area (Å²) < 4.78 is 0. The van der Waals surface area contributed by atoms with Crippen LogP contribution in [-0.2, 0) is 4.79 Å². The number of aromatic nitrogens is 2. The molecule has 6 heteroatoms. The van der Waals surface area contributed by atoms with Crippen molar-refractivity contribution in [2.24, 2.45) is 5.92 Å². The Morgan fingerprint density at radius 2 is 1.81 bits per heavy atom. The molecule has 6 nitrogen and oxygen atoms in total. The van der Waals surface area contributed by atoms with Gasteiger partial charge < -0.3 is 14.7 Å². The van der Waals surface area contributed by atoms with Gasteiger partial charge in [0, 0.05) is 58.0 Å². The second-order valence-electron chi connectivity index (χ2n) is 6.03. The van der Waals surface area contributed by atoms with E-state index in [1.807, 2.05) is 50.7 Å². The van der Waals surface area contributed by atoms with Crippen molar-refractivity contribution in [3.63, 3.8) is 0 Å². The third-order valence-corrected chi connectivity index (χ3v) is 3.66. The van der Waals surface area contributed by atoms with Crippen LogP contribution in [-0.4, -0.2) is 61.0 Å². The molecule has 0 bridgehead atoms. The van der Waals surface area contributed by atoms with Gasteiger partial charge in [-0.05, 0) is 6.92 Å². The maximum Gasteiger partial charge on any atom is 0.227 e. The SMILES string of the molecule is Cc1cc(N(C)C)nc(N2CCN(C(=O)C(C)C)CC2)n1. The van der Waals surface area contributed by atoms with Crippen molar-refractivity contribution in [3.8, 4) is 0 Å². The summed E-state index contributed by atoms with van der Waals surface area (Å²) in [7, 11) is 3.95. The molecule has 2 rings (SSSR count). The zero-order valence-corrected chi connectivity index (χ0v) is 13.6. The molecule has 0 saturated carbocycles. The lowest BCUT2D eigenvalue weighted by molar-refractivity contribution is -0.134. The molecular weight excluding hydrogens is 266 g/mol. The Hall–Kier alpha value is -1.85. The van der Waals surface area contributed by atoms with Crippen molar-refractivity contribution in [3.05, 3.63) is 11.8 Å². The van der Waals surface area contributed by atoms with Gasteiger partial charge in [-0.1, -0.05) is 13.8 Å². The average Bonchev–Trinajstić information content (AvgIpc) is 2.45. The van der Waals surface area contributed by atoms with Crippen molar-refractivity contribution in [1.82, 2.24) is 14.9 Å². The Morgan fingerprint density at radius 1 is 1.19 bits per heavy atom. The van der Waals surface area contributed by atoms with Crippen LogP contribution in [0.15, 0.2) is 6.07 Å². The normalized spacial score (nSPS) is 15.5. The smallest absolute Gasteiger partial charge is 0.227 e. The van der Waals surface area contributed by atoms with Crippen LogP contribution in [0.1, 0.15) is 19.5 Å². The van der Waals surface area contributed by atoms with Crippen molar-refractivity contribution in [2.45, 2.75) is 20.8 Å². The predicted octanol–water partition coefficient (Wildman–Crippen LogP) is 1.16. The molecule has 0 spiro atoms. The van der Waals surface area contributed by atoms with Gasteiger partial charge in [-0.25, -0.2) is 4.98 Å². The first-order valence-corrected chi connectivity index (χ1v) is 7.45. The fourth-order valence-corrected chi connectivity index (χ4v) is 2.40. The van der Waals surface area contributed by atoms with Crippen LogP contribution in [0.4, 0.5) is 11.8 Å². The Morgan fingerprint density at radius 3 is 2.33 bits per heavy atom. The molecule has 0 aliphatic carbocycles. The number of amides is 1. The van der Waals surface area contributed by atoms with Gasteiger partial charge in [0.2, 0.25) is 11.9 Å². The number of carbonyl (C=O) groups excluding carboxylic acids is 1. The molecule has 1 aliphatic rings. The molecule has 0 N–H and O–H groups in total. The first kappa shape index (κ1) is 15.5. The monoisotopic (exact) mass is 291 g/mol.